The first-order valence-electron chi connectivity index (χ1n) is 21.2. The zero-order valence-electron chi connectivity index (χ0n) is 37.1. The SMILES string of the molecule is CO[C@H]1/C=C\O[C@@]2(C)Oc3c(C)c(O)c4c(O)c(c5c(c4c3C2=O)NC2(CCN(CC(C)C)CC2)N=5)=NC(=O)/C(C)=C/C=C/[C@H](C)[C@H](O)[C@@H](C)[C@@H](O)[C@@H](C)[C@H](OC(C)=O)[C@@H]1C. The van der Waals surface area contributed by atoms with E-state index in [1.165, 1.54) is 27.2 Å². The molecule has 1 amide bonds. The number of hydrogen-bond donors (Lipinski definition) is 5. The van der Waals surface area contributed by atoms with Crippen LogP contribution in [0.1, 0.15) is 91.1 Å². The summed E-state index contributed by atoms with van der Waals surface area (Å²) >= 11 is 0. The second-order valence-electron chi connectivity index (χ2n) is 18.0. The Balaban J connectivity index is 1.55. The van der Waals surface area contributed by atoms with Gasteiger partial charge in [-0.3, -0.25) is 19.4 Å². The number of aliphatic hydroxyl groups excluding tert-OH is 2. The van der Waals surface area contributed by atoms with E-state index in [0.29, 0.717) is 24.4 Å². The largest absolute Gasteiger partial charge is 0.507 e. The first-order valence-corrected chi connectivity index (χ1v) is 21.2. The van der Waals surface area contributed by atoms with E-state index in [-0.39, 0.29) is 49.7 Å². The van der Waals surface area contributed by atoms with Crippen LogP contribution < -0.4 is 20.8 Å². The highest BCUT2D eigenvalue weighted by atomic mass is 16.7. The normalized spacial score (nSPS) is 32.7. The number of aliphatic hydroxyl groups is 2. The molecule has 61 heavy (non-hydrogen) atoms. The number of amides is 1. The molecule has 15 nitrogen and oxygen atoms in total. The van der Waals surface area contributed by atoms with Crippen LogP contribution in [0, 0.1) is 36.5 Å². The van der Waals surface area contributed by atoms with Crippen molar-refractivity contribution in [1.29, 1.82) is 0 Å². The lowest BCUT2D eigenvalue weighted by atomic mass is 9.78. The van der Waals surface area contributed by atoms with E-state index in [1.54, 1.807) is 65.8 Å². The van der Waals surface area contributed by atoms with Crippen molar-refractivity contribution in [3.63, 3.8) is 0 Å². The second kappa shape index (κ2) is 17.5. The molecule has 9 atom stereocenters. The molecule has 0 saturated carbocycles. The molecule has 2 aromatic carbocycles. The quantitative estimate of drug-likeness (QED) is 0.208. The second-order valence-corrected chi connectivity index (χ2v) is 18.0. The van der Waals surface area contributed by atoms with Crippen LogP contribution in [0.5, 0.6) is 17.2 Å². The van der Waals surface area contributed by atoms with Crippen molar-refractivity contribution in [3.8, 4) is 17.2 Å². The van der Waals surface area contributed by atoms with Crippen molar-refractivity contribution in [2.45, 2.75) is 118 Å². The van der Waals surface area contributed by atoms with E-state index in [0.717, 1.165) is 19.6 Å². The van der Waals surface area contributed by atoms with E-state index in [2.05, 4.69) is 29.1 Å². The highest BCUT2D eigenvalue weighted by molar-refractivity contribution is 6.21. The molecule has 6 rings (SSSR count). The minimum Gasteiger partial charge on any atom is -0.507 e. The number of methoxy groups -OCH3 is 1. The van der Waals surface area contributed by atoms with Crippen molar-refractivity contribution < 1.29 is 53.8 Å². The fourth-order valence-corrected chi connectivity index (χ4v) is 9.24. The van der Waals surface area contributed by atoms with Gasteiger partial charge in [-0.15, -0.1) is 0 Å². The van der Waals surface area contributed by atoms with Gasteiger partial charge in [0.25, 0.3) is 11.7 Å². The predicted molar refractivity (Wildman–Crippen MR) is 228 cm³/mol. The first-order chi connectivity index (χ1) is 28.6. The van der Waals surface area contributed by atoms with Crippen LogP contribution in [-0.4, -0.2) is 106 Å². The van der Waals surface area contributed by atoms with Gasteiger partial charge in [0.05, 0.1) is 41.2 Å². The molecule has 0 radical (unpaired) electrons. The third-order valence-electron chi connectivity index (χ3n) is 12.9. The zero-order chi connectivity index (χ0) is 44.9. The number of carbonyl (C=O) groups excluding carboxylic acids is 3. The molecule has 0 aromatic heterocycles. The summed E-state index contributed by atoms with van der Waals surface area (Å²) in [6.45, 7) is 19.6. The number of nitrogens with zero attached hydrogens (tertiary/aromatic N) is 3. The van der Waals surface area contributed by atoms with Gasteiger partial charge in [-0.1, -0.05) is 59.8 Å². The number of benzene rings is 2. The van der Waals surface area contributed by atoms with Crippen LogP contribution in [0.15, 0.2) is 46.1 Å². The molecule has 2 aromatic rings. The Bertz CT molecular complexity index is 2300. The van der Waals surface area contributed by atoms with Gasteiger partial charge in [-0.05, 0) is 25.8 Å². The zero-order valence-corrected chi connectivity index (χ0v) is 37.1. The number of rotatable bonds is 4. The minimum absolute atomic E-state index is 0.0538. The van der Waals surface area contributed by atoms with Gasteiger partial charge in [-0.2, -0.15) is 0 Å². The molecule has 1 spiro atoms. The summed E-state index contributed by atoms with van der Waals surface area (Å²) < 4.78 is 24.0. The summed E-state index contributed by atoms with van der Waals surface area (Å²) in [7, 11) is 1.47. The summed E-state index contributed by atoms with van der Waals surface area (Å²) in [6, 6.07) is 0. The van der Waals surface area contributed by atoms with E-state index in [9.17, 15) is 34.8 Å². The van der Waals surface area contributed by atoms with Crippen LogP contribution in [0.4, 0.5) is 5.69 Å². The number of phenolic OH excluding ortho intramolecular Hbond substituents is 2. The Kier molecular flexibility index (Phi) is 13.1. The van der Waals surface area contributed by atoms with E-state index in [1.807, 2.05) is 0 Å². The Morgan fingerprint density at radius 3 is 2.28 bits per heavy atom. The van der Waals surface area contributed by atoms with Gasteiger partial charge in [0, 0.05) is 93.6 Å². The standard InChI is InChI=1S/C46H62N4O11/c1-22(2)21-50-18-16-46(17-19-50)48-34-31-32-39(54)28(8)42-33(31)43(56)45(10,61-42)59-20-15-30(58-11)25(5)41(60-29(9)51)27(7)38(53)26(6)37(52)23(3)13-12-14-24(4)44(57)47-36(40(32)55)35(34)49-46/h12-15,20,22-23,25-27,30,37-38,41,48,52-55H,16-19,21H2,1-11H3/b13-12+,20-15-,24-14+,47-36?/t23-,25+,26+,27+,30-,37-,38+,41+,45-/m0/s1. The third-order valence-corrected chi connectivity index (χ3v) is 12.9. The number of nitrogens with one attached hydrogen (secondary N) is 1. The van der Waals surface area contributed by atoms with Gasteiger partial charge in [-0.25, -0.2) is 4.99 Å². The summed E-state index contributed by atoms with van der Waals surface area (Å²) in [6.07, 6.45) is 5.07. The van der Waals surface area contributed by atoms with Gasteiger partial charge in [0.15, 0.2) is 5.75 Å². The van der Waals surface area contributed by atoms with Crippen molar-refractivity contribution in [2.24, 2.45) is 39.6 Å². The van der Waals surface area contributed by atoms with Gasteiger partial charge < -0.3 is 49.6 Å². The Morgan fingerprint density at radius 2 is 1.66 bits per heavy atom. The molecule has 4 aliphatic heterocycles. The molecular weight excluding hydrogens is 785 g/mol. The molecule has 4 aliphatic rings. The van der Waals surface area contributed by atoms with Crippen LogP contribution in [0.2, 0.25) is 0 Å². The first kappa shape index (κ1) is 45.7. The van der Waals surface area contributed by atoms with Crippen molar-refractivity contribution in [3.05, 3.63) is 58.0 Å². The summed E-state index contributed by atoms with van der Waals surface area (Å²) in [5, 5.41) is 50.5. The number of Topliss-reactive ketones (excluding diaryl/α,β-unsaturated/α-hetero) is 1. The molecule has 332 valence electrons. The number of allylic oxidation sites excluding steroid dienone is 2. The Morgan fingerprint density at radius 1 is 0.984 bits per heavy atom. The van der Waals surface area contributed by atoms with Crippen molar-refractivity contribution >= 4 is 34.1 Å². The maximum absolute atomic E-state index is 14.7. The number of phenols is 2. The fraction of sp³-hybridized carbons (Fsp3) is 0.587. The van der Waals surface area contributed by atoms with Crippen molar-refractivity contribution in [1.82, 2.24) is 4.90 Å². The lowest BCUT2D eigenvalue weighted by Crippen LogP contribution is -2.47. The number of carbonyl (C=O) groups is 3. The minimum atomic E-state index is -1.95. The number of aromatic hydroxyl groups is 2. The number of likely N-dealkylation sites (tertiary alicyclic amines) is 1. The maximum atomic E-state index is 14.7. The van der Waals surface area contributed by atoms with Gasteiger partial charge in [0.2, 0.25) is 0 Å². The molecule has 1 fully saturated rings. The van der Waals surface area contributed by atoms with E-state index >= 15 is 0 Å². The molecule has 15 heteroatoms. The number of ketones is 1. The topological polar surface area (TPSA) is 209 Å². The predicted octanol–water partition coefficient (Wildman–Crippen LogP) is 4.75. The molecule has 1 saturated heterocycles. The van der Waals surface area contributed by atoms with Crippen LogP contribution in [0.3, 0.4) is 0 Å². The smallest absolute Gasteiger partial charge is 0.312 e. The van der Waals surface area contributed by atoms with Gasteiger partial charge in [0.1, 0.15) is 34.0 Å². The van der Waals surface area contributed by atoms with Crippen LogP contribution in [-0.2, 0) is 23.8 Å². The average molecular weight is 847 g/mol. The number of hydrogen-bond acceptors (Lipinski definition) is 14. The maximum Gasteiger partial charge on any atom is 0.312 e. The van der Waals surface area contributed by atoms with Gasteiger partial charge >= 0.3 is 11.8 Å². The number of esters is 1. The third kappa shape index (κ3) is 8.54. The Labute approximate surface area is 356 Å². The summed E-state index contributed by atoms with van der Waals surface area (Å²) in [5.41, 5.74) is -0.111. The van der Waals surface area contributed by atoms with E-state index < -0.39 is 82.9 Å². The molecule has 4 heterocycles. The molecule has 4 bridgehead atoms. The number of fused-ring (bicyclic) bond motifs is 1. The fourth-order valence-electron chi connectivity index (χ4n) is 9.24. The average Bonchev–Trinajstić information content (AvgIpc) is 3.71. The molecule has 5 N–H and O–H groups in total. The molecule has 0 aliphatic carbocycles. The van der Waals surface area contributed by atoms with Crippen LogP contribution >= 0.6 is 0 Å². The number of anilines is 1. The monoisotopic (exact) mass is 846 g/mol. The highest BCUT2D eigenvalue weighted by Crippen LogP contribution is 2.51. The van der Waals surface area contributed by atoms with Crippen LogP contribution in [0.25, 0.3) is 10.8 Å². The van der Waals surface area contributed by atoms with Crippen molar-refractivity contribution in [2.75, 3.05) is 32.1 Å². The number of ether oxygens (including phenoxy) is 4. The lowest BCUT2D eigenvalue weighted by molar-refractivity contribution is -0.160. The van der Waals surface area contributed by atoms with E-state index in [4.69, 9.17) is 23.9 Å². The highest BCUT2D eigenvalue weighted by Gasteiger charge is 2.51. The summed E-state index contributed by atoms with van der Waals surface area (Å²) in [5.74, 6) is -6.57. The molecule has 0 unspecified atom stereocenters. The Hall–Kier alpha value is -4.83. The number of piperidine rings is 1. The molecular formula is C46H62N4O11. The summed E-state index contributed by atoms with van der Waals surface area (Å²) in [4.78, 5) is 52.9. The lowest BCUT2D eigenvalue weighted by Gasteiger charge is -2.38.